The zero-order valence-electron chi connectivity index (χ0n) is 9.95. The van der Waals surface area contributed by atoms with E-state index in [9.17, 15) is 8.42 Å². The van der Waals surface area contributed by atoms with Gasteiger partial charge >= 0.3 is 0 Å². The van der Waals surface area contributed by atoms with Gasteiger partial charge in [-0.05, 0) is 37.0 Å². The lowest BCUT2D eigenvalue weighted by Gasteiger charge is -2.10. The van der Waals surface area contributed by atoms with E-state index >= 15 is 0 Å². The van der Waals surface area contributed by atoms with E-state index in [1.54, 1.807) is 17.5 Å². The minimum Gasteiger partial charge on any atom is -0.208 e. The van der Waals surface area contributed by atoms with Crippen molar-refractivity contribution in [1.82, 2.24) is 14.3 Å². The fraction of sp³-hybridized carbons (Fsp3) is 0.400. The molecule has 0 aliphatic heterocycles. The second-order valence-electron chi connectivity index (χ2n) is 3.84. The van der Waals surface area contributed by atoms with Crippen molar-refractivity contribution in [2.24, 2.45) is 0 Å². The van der Waals surface area contributed by atoms with E-state index in [1.807, 2.05) is 13.8 Å². The zero-order chi connectivity index (χ0) is 13.2. The molecule has 0 radical (unpaired) electrons. The van der Waals surface area contributed by atoms with E-state index in [4.69, 9.17) is 0 Å². The van der Waals surface area contributed by atoms with Crippen molar-refractivity contribution in [3.63, 3.8) is 0 Å². The summed E-state index contributed by atoms with van der Waals surface area (Å²) in [5.41, 5.74) is 0.718. The normalized spacial score (nSPS) is 13.7. The average Bonchev–Trinajstić information content (AvgIpc) is 2.98. The van der Waals surface area contributed by atoms with Gasteiger partial charge in [0, 0.05) is 11.4 Å². The molecular formula is C10H13N3O2S3. The number of nitrogens with one attached hydrogen (secondary N) is 1. The van der Waals surface area contributed by atoms with Crippen LogP contribution in [-0.4, -0.2) is 24.0 Å². The largest absolute Gasteiger partial charge is 0.250 e. The maximum Gasteiger partial charge on any atom is 0.250 e. The number of aromatic nitrogens is 2. The Bertz CT molecular complexity index is 604. The maximum absolute atomic E-state index is 12.1. The first-order valence-corrected chi connectivity index (χ1v) is 8.56. The van der Waals surface area contributed by atoms with E-state index < -0.39 is 10.0 Å². The van der Waals surface area contributed by atoms with Crippen LogP contribution in [0, 0.1) is 0 Å². The Kier molecular flexibility index (Phi) is 4.10. The molecule has 2 aromatic heterocycles. The van der Waals surface area contributed by atoms with Gasteiger partial charge in [-0.15, -0.1) is 16.4 Å². The smallest absolute Gasteiger partial charge is 0.208 e. The van der Waals surface area contributed by atoms with Crippen molar-refractivity contribution in [3.8, 4) is 10.6 Å². The Morgan fingerprint density at radius 3 is 2.83 bits per heavy atom. The first-order valence-electron chi connectivity index (χ1n) is 5.42. The lowest BCUT2D eigenvalue weighted by molar-refractivity contribution is 0.558. The molecule has 2 heterocycles. The fourth-order valence-electron chi connectivity index (χ4n) is 1.28. The summed E-state index contributed by atoms with van der Waals surface area (Å²) in [7, 11) is -3.42. The minimum atomic E-state index is -3.42. The molecule has 1 N–H and O–H groups in total. The molecule has 1 atom stereocenters. The Morgan fingerprint density at radius 2 is 2.22 bits per heavy atom. The van der Waals surface area contributed by atoms with Gasteiger partial charge in [0.05, 0.1) is 4.88 Å². The standard InChI is InChI=1S/C10H13N3O2S3/c1-3-7(2)12-18(14,15)10-5-4-9(17-10)8-6-16-13-11-8/h4-7,12H,3H2,1-2H3/t7-/m1/s1. The van der Waals surface area contributed by atoms with Crippen LogP contribution >= 0.6 is 22.9 Å². The lowest BCUT2D eigenvalue weighted by Crippen LogP contribution is -2.31. The van der Waals surface area contributed by atoms with Crippen LogP contribution in [0.4, 0.5) is 0 Å². The number of hydrogen-bond acceptors (Lipinski definition) is 6. The van der Waals surface area contributed by atoms with Gasteiger partial charge in [0.2, 0.25) is 10.0 Å². The molecule has 0 unspecified atom stereocenters. The number of nitrogens with zero attached hydrogens (tertiary/aromatic N) is 2. The van der Waals surface area contributed by atoms with Gasteiger partial charge in [0.15, 0.2) is 0 Å². The molecule has 98 valence electrons. The van der Waals surface area contributed by atoms with Crippen molar-refractivity contribution < 1.29 is 8.42 Å². The summed E-state index contributed by atoms with van der Waals surface area (Å²) in [6, 6.07) is 3.29. The summed E-state index contributed by atoms with van der Waals surface area (Å²) in [6.45, 7) is 3.78. The Hall–Kier alpha value is -0.830. The van der Waals surface area contributed by atoms with Crippen molar-refractivity contribution in [3.05, 3.63) is 17.5 Å². The van der Waals surface area contributed by atoms with Gasteiger partial charge in [0.25, 0.3) is 0 Å². The van der Waals surface area contributed by atoms with Crippen LogP contribution in [0.25, 0.3) is 10.6 Å². The molecule has 2 aromatic rings. The molecule has 2 rings (SSSR count). The van der Waals surface area contributed by atoms with Crippen molar-refractivity contribution >= 4 is 32.9 Å². The van der Waals surface area contributed by atoms with Gasteiger partial charge < -0.3 is 0 Å². The summed E-state index contributed by atoms with van der Waals surface area (Å²) in [4.78, 5) is 0.813. The van der Waals surface area contributed by atoms with E-state index in [2.05, 4.69) is 14.3 Å². The third-order valence-corrected chi connectivity index (χ3v) is 6.12. The third kappa shape index (κ3) is 2.94. The van der Waals surface area contributed by atoms with Crippen LogP contribution in [0.1, 0.15) is 20.3 Å². The SMILES string of the molecule is CC[C@@H](C)NS(=O)(=O)c1ccc(-c2csnn2)s1. The second kappa shape index (κ2) is 5.43. The number of hydrogen-bond donors (Lipinski definition) is 1. The highest BCUT2D eigenvalue weighted by Crippen LogP contribution is 2.29. The minimum absolute atomic E-state index is 0.0681. The van der Waals surface area contributed by atoms with Crippen molar-refractivity contribution in [1.29, 1.82) is 0 Å². The molecule has 0 spiro atoms. The summed E-state index contributed by atoms with van der Waals surface area (Å²) < 4.78 is 30.8. The first-order chi connectivity index (χ1) is 8.53. The van der Waals surface area contributed by atoms with Crippen LogP contribution in [0.5, 0.6) is 0 Å². The predicted molar refractivity (Wildman–Crippen MR) is 73.3 cm³/mol. The lowest BCUT2D eigenvalue weighted by atomic mass is 10.3. The van der Waals surface area contributed by atoms with Gasteiger partial charge in [-0.1, -0.05) is 11.4 Å². The fourth-order valence-corrected chi connectivity index (χ4v) is 4.42. The second-order valence-corrected chi connectivity index (χ2v) is 7.47. The summed E-state index contributed by atoms with van der Waals surface area (Å²) in [5, 5.41) is 5.72. The monoisotopic (exact) mass is 303 g/mol. The van der Waals surface area contributed by atoms with Gasteiger partial charge in [0.1, 0.15) is 9.90 Å². The Labute approximate surface area is 114 Å². The highest BCUT2D eigenvalue weighted by molar-refractivity contribution is 7.91. The summed E-state index contributed by atoms with van der Waals surface area (Å²) >= 11 is 2.45. The molecule has 0 saturated heterocycles. The average molecular weight is 303 g/mol. The Morgan fingerprint density at radius 1 is 1.44 bits per heavy atom. The molecule has 0 aromatic carbocycles. The van der Waals surface area contributed by atoms with Crippen LogP contribution in [-0.2, 0) is 10.0 Å². The predicted octanol–water partition coefficient (Wildman–Crippen LogP) is 2.34. The van der Waals surface area contributed by atoms with E-state index in [0.29, 0.717) is 4.21 Å². The van der Waals surface area contributed by atoms with E-state index in [0.717, 1.165) is 17.0 Å². The quantitative estimate of drug-likeness (QED) is 0.920. The van der Waals surface area contributed by atoms with Gasteiger partial charge in [-0.3, -0.25) is 0 Å². The van der Waals surface area contributed by atoms with Crippen LogP contribution < -0.4 is 4.72 Å². The molecule has 0 amide bonds. The number of thiophene rings is 1. The molecule has 0 aliphatic carbocycles. The molecule has 18 heavy (non-hydrogen) atoms. The summed E-state index contributed by atoms with van der Waals surface area (Å²) in [5.74, 6) is 0. The maximum atomic E-state index is 12.1. The topological polar surface area (TPSA) is 72.0 Å². The van der Waals surface area contributed by atoms with E-state index in [1.165, 1.54) is 22.9 Å². The van der Waals surface area contributed by atoms with Crippen LogP contribution in [0.15, 0.2) is 21.7 Å². The van der Waals surface area contributed by atoms with Gasteiger partial charge in [-0.2, -0.15) is 0 Å². The first kappa shape index (κ1) is 13.6. The highest BCUT2D eigenvalue weighted by atomic mass is 32.2. The number of sulfonamides is 1. The van der Waals surface area contributed by atoms with Crippen LogP contribution in [0.3, 0.4) is 0 Å². The van der Waals surface area contributed by atoms with Crippen molar-refractivity contribution in [2.75, 3.05) is 0 Å². The molecular weight excluding hydrogens is 290 g/mol. The van der Waals surface area contributed by atoms with E-state index in [-0.39, 0.29) is 6.04 Å². The Balaban J connectivity index is 2.25. The van der Waals surface area contributed by atoms with Crippen molar-refractivity contribution in [2.45, 2.75) is 30.5 Å². The molecule has 0 fully saturated rings. The molecule has 0 aliphatic rings. The number of rotatable bonds is 5. The van der Waals surface area contributed by atoms with Gasteiger partial charge in [-0.25, -0.2) is 13.1 Å². The zero-order valence-corrected chi connectivity index (χ0v) is 12.4. The molecule has 0 bridgehead atoms. The van der Waals surface area contributed by atoms with Crippen LogP contribution in [0.2, 0.25) is 0 Å². The molecule has 0 saturated carbocycles. The third-order valence-electron chi connectivity index (χ3n) is 2.43. The molecule has 5 nitrogen and oxygen atoms in total. The highest BCUT2D eigenvalue weighted by Gasteiger charge is 2.19. The summed E-state index contributed by atoms with van der Waals surface area (Å²) in [6.07, 6.45) is 0.757. The molecule has 8 heteroatoms.